The molecule has 0 aliphatic heterocycles. The largest absolute Gasteiger partial charge is 0.350 e. The number of amides is 1. The number of halogens is 1. The predicted octanol–water partition coefficient (Wildman–Crippen LogP) is 2.12. The van der Waals surface area contributed by atoms with Gasteiger partial charge in [0.1, 0.15) is 17.5 Å². The molecule has 0 saturated carbocycles. The zero-order chi connectivity index (χ0) is 22.7. The number of carbonyl (C=O) groups excluding carboxylic acids is 1. The van der Waals surface area contributed by atoms with Crippen molar-refractivity contribution in [3.8, 4) is 0 Å². The highest BCUT2D eigenvalue weighted by molar-refractivity contribution is 5.94. The Morgan fingerprint density at radius 3 is 2.69 bits per heavy atom. The highest BCUT2D eigenvalue weighted by Crippen LogP contribution is 2.13. The van der Waals surface area contributed by atoms with E-state index < -0.39 is 16.6 Å². The van der Waals surface area contributed by atoms with Gasteiger partial charge in [-0.1, -0.05) is 18.2 Å². The number of fused-ring (bicyclic) bond motifs is 1. The fraction of sp³-hybridized carbons (Fsp3) is 0.143. The Hall–Kier alpha value is -4.41. The molecule has 1 N–H and O–H groups in total. The second-order valence-electron chi connectivity index (χ2n) is 6.97. The van der Waals surface area contributed by atoms with Gasteiger partial charge in [-0.3, -0.25) is 24.3 Å². The molecule has 0 atom stereocenters. The lowest BCUT2D eigenvalue weighted by Gasteiger charge is -2.08. The van der Waals surface area contributed by atoms with Gasteiger partial charge in [0, 0.05) is 24.2 Å². The highest BCUT2D eigenvalue weighted by Gasteiger charge is 2.12. The Kier molecular flexibility index (Phi) is 5.71. The minimum atomic E-state index is -0.495. The Labute approximate surface area is 180 Å². The van der Waals surface area contributed by atoms with Crippen LogP contribution >= 0.6 is 0 Å². The van der Waals surface area contributed by atoms with Gasteiger partial charge < -0.3 is 5.32 Å². The number of nitrogens with one attached hydrogen (secondary N) is 1. The number of nitrogens with zero attached hydrogens (tertiary/aromatic N) is 5. The molecule has 2 aromatic heterocycles. The van der Waals surface area contributed by atoms with E-state index in [0.29, 0.717) is 16.6 Å². The maximum atomic E-state index is 13.2. The first-order valence-corrected chi connectivity index (χ1v) is 9.60. The quantitative estimate of drug-likeness (QED) is 0.349. The topological polar surface area (TPSA) is 125 Å². The molecule has 1 amide bonds. The lowest BCUT2D eigenvalue weighted by Crippen LogP contribution is -2.28. The minimum absolute atomic E-state index is 0.0274. The van der Waals surface area contributed by atoms with Gasteiger partial charge in [-0.25, -0.2) is 14.1 Å². The van der Waals surface area contributed by atoms with E-state index in [4.69, 9.17) is 0 Å². The number of benzene rings is 2. The zero-order valence-electron chi connectivity index (χ0n) is 16.6. The molecule has 0 aliphatic rings. The van der Waals surface area contributed by atoms with Crippen LogP contribution in [0.2, 0.25) is 0 Å². The number of rotatable bonds is 7. The van der Waals surface area contributed by atoms with Crippen LogP contribution in [0.3, 0.4) is 0 Å². The Balaban J connectivity index is 1.45. The highest BCUT2D eigenvalue weighted by atomic mass is 19.1. The van der Waals surface area contributed by atoms with E-state index in [-0.39, 0.29) is 36.4 Å². The van der Waals surface area contributed by atoms with Crippen molar-refractivity contribution in [1.82, 2.24) is 24.6 Å². The Bertz CT molecular complexity index is 1360. The van der Waals surface area contributed by atoms with E-state index in [2.05, 4.69) is 15.4 Å². The molecular weight excluding hydrogens is 419 g/mol. The Morgan fingerprint density at radius 2 is 1.97 bits per heavy atom. The third-order valence-electron chi connectivity index (χ3n) is 4.82. The second kappa shape index (κ2) is 8.76. The van der Waals surface area contributed by atoms with Gasteiger partial charge in [0.05, 0.1) is 24.2 Å². The third-order valence-corrected chi connectivity index (χ3v) is 4.82. The van der Waals surface area contributed by atoms with Crippen LogP contribution < -0.4 is 10.9 Å². The summed E-state index contributed by atoms with van der Waals surface area (Å²) in [5, 5.41) is 17.9. The molecule has 0 unspecified atom stereocenters. The van der Waals surface area contributed by atoms with Crippen LogP contribution in [0.1, 0.15) is 15.9 Å². The lowest BCUT2D eigenvalue weighted by atomic mass is 10.2. The smallest absolute Gasteiger partial charge is 0.269 e. The molecule has 0 fully saturated rings. The fourth-order valence-electron chi connectivity index (χ4n) is 3.20. The zero-order valence-corrected chi connectivity index (χ0v) is 16.6. The van der Waals surface area contributed by atoms with Crippen LogP contribution in [0, 0.1) is 15.9 Å². The number of aromatic nitrogens is 4. The van der Waals surface area contributed by atoms with Crippen molar-refractivity contribution in [1.29, 1.82) is 0 Å². The van der Waals surface area contributed by atoms with E-state index in [1.54, 1.807) is 12.1 Å². The third kappa shape index (κ3) is 4.36. The van der Waals surface area contributed by atoms with Gasteiger partial charge >= 0.3 is 0 Å². The second-order valence-corrected chi connectivity index (χ2v) is 6.97. The van der Waals surface area contributed by atoms with E-state index in [1.165, 1.54) is 52.1 Å². The number of carbonyl (C=O) groups is 1. The number of hydrogen-bond donors (Lipinski definition) is 1. The van der Waals surface area contributed by atoms with Crippen LogP contribution in [0.25, 0.3) is 11.0 Å². The summed E-state index contributed by atoms with van der Waals surface area (Å²) in [6.45, 7) is 0.678. The number of nitro groups is 1. The normalized spacial score (nSPS) is 10.9. The molecule has 11 heteroatoms. The maximum absolute atomic E-state index is 13.2. The first-order valence-electron chi connectivity index (χ1n) is 9.60. The van der Waals surface area contributed by atoms with E-state index in [9.17, 15) is 24.1 Å². The molecule has 2 aromatic carbocycles. The average Bonchev–Trinajstić information content (AvgIpc) is 3.19. The van der Waals surface area contributed by atoms with Crippen LogP contribution in [0.15, 0.2) is 65.8 Å². The monoisotopic (exact) mass is 436 g/mol. The van der Waals surface area contributed by atoms with E-state index >= 15 is 0 Å². The van der Waals surface area contributed by atoms with Crippen molar-refractivity contribution in [2.75, 3.05) is 6.54 Å². The number of nitro benzene ring substituents is 1. The van der Waals surface area contributed by atoms with Crippen molar-refractivity contribution in [3.63, 3.8) is 0 Å². The maximum Gasteiger partial charge on any atom is 0.269 e. The fourth-order valence-corrected chi connectivity index (χ4v) is 3.20. The summed E-state index contributed by atoms with van der Waals surface area (Å²) < 4.78 is 16.1. The molecule has 0 saturated heterocycles. The summed E-state index contributed by atoms with van der Waals surface area (Å²) in [7, 11) is 0. The summed E-state index contributed by atoms with van der Waals surface area (Å²) in [5.74, 6) is -0.913. The first-order chi connectivity index (χ1) is 15.4. The summed E-state index contributed by atoms with van der Waals surface area (Å²) in [6.07, 6.45) is 2.79. The van der Waals surface area contributed by atoms with Crippen LogP contribution in [0.5, 0.6) is 0 Å². The van der Waals surface area contributed by atoms with Gasteiger partial charge in [0.15, 0.2) is 5.65 Å². The molecule has 32 heavy (non-hydrogen) atoms. The van der Waals surface area contributed by atoms with Crippen LogP contribution in [-0.4, -0.2) is 36.7 Å². The molecular formula is C21H17FN6O4. The van der Waals surface area contributed by atoms with E-state index in [0.717, 1.165) is 6.07 Å². The predicted molar refractivity (Wildman–Crippen MR) is 113 cm³/mol. The molecule has 0 aliphatic carbocycles. The summed E-state index contributed by atoms with van der Waals surface area (Å²) in [4.78, 5) is 39.5. The van der Waals surface area contributed by atoms with Gasteiger partial charge in [0.2, 0.25) is 0 Å². The van der Waals surface area contributed by atoms with Crippen molar-refractivity contribution >= 4 is 22.6 Å². The number of hydrogen-bond acceptors (Lipinski definition) is 6. The van der Waals surface area contributed by atoms with E-state index in [1.807, 2.05) is 0 Å². The summed E-state index contributed by atoms with van der Waals surface area (Å²) >= 11 is 0. The summed E-state index contributed by atoms with van der Waals surface area (Å²) in [5.41, 5.74) is 0.965. The SMILES string of the molecule is O=C(NCCn1ncc2c(=O)n(Cc3ccc([N+](=O)[O-])cc3)cnc21)c1cccc(F)c1. The van der Waals surface area contributed by atoms with Gasteiger partial charge in [0.25, 0.3) is 17.2 Å². The van der Waals surface area contributed by atoms with Crippen molar-refractivity contribution in [3.05, 3.63) is 98.5 Å². The van der Waals surface area contributed by atoms with Crippen molar-refractivity contribution in [2.24, 2.45) is 0 Å². The first kappa shape index (κ1) is 20.8. The molecule has 4 aromatic rings. The molecule has 0 spiro atoms. The molecule has 0 radical (unpaired) electrons. The summed E-state index contributed by atoms with van der Waals surface area (Å²) in [6, 6.07) is 11.3. The molecule has 162 valence electrons. The molecule has 10 nitrogen and oxygen atoms in total. The standard InChI is InChI=1S/C21H17FN6O4/c22-16-3-1-2-15(10-16)20(29)23-8-9-27-19-18(11-25-27)21(30)26(13-24-19)12-14-4-6-17(7-5-14)28(31)32/h1-7,10-11,13H,8-9,12H2,(H,23,29). The average molecular weight is 436 g/mol. The van der Waals surface area contributed by atoms with Crippen LogP contribution in [-0.2, 0) is 13.1 Å². The minimum Gasteiger partial charge on any atom is -0.350 e. The van der Waals surface area contributed by atoms with Gasteiger partial charge in [-0.15, -0.1) is 0 Å². The molecule has 2 heterocycles. The Morgan fingerprint density at radius 1 is 1.19 bits per heavy atom. The van der Waals surface area contributed by atoms with Crippen molar-refractivity contribution < 1.29 is 14.1 Å². The van der Waals surface area contributed by atoms with Gasteiger partial charge in [-0.05, 0) is 23.8 Å². The van der Waals surface area contributed by atoms with Gasteiger partial charge in [-0.2, -0.15) is 5.10 Å². The molecule has 4 rings (SSSR count). The van der Waals surface area contributed by atoms with Crippen LogP contribution in [0.4, 0.5) is 10.1 Å². The molecule has 0 bridgehead atoms. The number of non-ortho nitro benzene ring substituents is 1. The lowest BCUT2D eigenvalue weighted by molar-refractivity contribution is -0.384. The van der Waals surface area contributed by atoms with Crippen molar-refractivity contribution in [2.45, 2.75) is 13.1 Å².